The van der Waals surface area contributed by atoms with Crippen LogP contribution in [-0.2, 0) is 9.84 Å². The van der Waals surface area contributed by atoms with Crippen LogP contribution in [0.3, 0.4) is 0 Å². The van der Waals surface area contributed by atoms with Crippen LogP contribution in [0, 0.1) is 0 Å². The summed E-state index contributed by atoms with van der Waals surface area (Å²) in [4.78, 5) is 11.9. The lowest BCUT2D eigenvalue weighted by Gasteiger charge is -2.05. The van der Waals surface area contributed by atoms with Crippen molar-refractivity contribution >= 4 is 15.7 Å². The number of hydrogen-bond acceptors (Lipinski definition) is 3. The van der Waals surface area contributed by atoms with Gasteiger partial charge in [0.15, 0.2) is 9.84 Å². The molecule has 2 aromatic rings. The third-order valence-electron chi connectivity index (χ3n) is 2.98. The Kier molecular flexibility index (Phi) is 5.12. The summed E-state index contributed by atoms with van der Waals surface area (Å²) in [5.41, 5.74) is 2.66. The van der Waals surface area contributed by atoms with E-state index >= 15 is 0 Å². The number of amides is 1. The lowest BCUT2D eigenvalue weighted by Crippen LogP contribution is -2.23. The van der Waals surface area contributed by atoms with Crippen molar-refractivity contribution in [2.24, 2.45) is 0 Å². The first-order valence-electron chi connectivity index (χ1n) is 6.76. The van der Waals surface area contributed by atoms with Gasteiger partial charge in [0.1, 0.15) is 0 Å². The maximum atomic E-state index is 11.9. The molecule has 0 saturated carbocycles. The Labute approximate surface area is 130 Å². The fraction of sp³-hybridized carbons (Fsp3) is 0.118. The van der Waals surface area contributed by atoms with E-state index < -0.39 is 9.84 Å². The van der Waals surface area contributed by atoms with Crippen LogP contribution in [0.15, 0.2) is 66.1 Å². The molecule has 0 fully saturated rings. The van der Waals surface area contributed by atoms with Crippen LogP contribution in [0.2, 0.25) is 0 Å². The van der Waals surface area contributed by atoms with Crippen molar-refractivity contribution in [3.63, 3.8) is 0 Å². The van der Waals surface area contributed by atoms with Gasteiger partial charge in [0.05, 0.1) is 0 Å². The van der Waals surface area contributed by atoms with E-state index in [1.54, 1.807) is 12.1 Å². The van der Waals surface area contributed by atoms with Gasteiger partial charge in [-0.2, -0.15) is 0 Å². The van der Waals surface area contributed by atoms with Crippen LogP contribution >= 0.6 is 0 Å². The standard InChI is InChI=1S/C17H17NO3S/c1-22(20,21)13-5-12-18-17(19)16-10-8-15(9-11-16)14-6-3-2-4-7-14/h2-11,13H,12H2,1H3,(H,18,19)/b13-5+. The average Bonchev–Trinajstić information content (AvgIpc) is 2.51. The second-order valence-electron chi connectivity index (χ2n) is 4.85. The lowest BCUT2D eigenvalue weighted by atomic mass is 10.0. The molecule has 2 rings (SSSR count). The van der Waals surface area contributed by atoms with Crippen molar-refractivity contribution in [3.05, 3.63) is 71.6 Å². The maximum Gasteiger partial charge on any atom is 0.251 e. The second-order valence-corrected chi connectivity index (χ2v) is 6.79. The molecule has 0 bridgehead atoms. The minimum absolute atomic E-state index is 0.173. The maximum absolute atomic E-state index is 11.9. The highest BCUT2D eigenvalue weighted by molar-refractivity contribution is 7.93. The van der Waals surface area contributed by atoms with Gasteiger partial charge >= 0.3 is 0 Å². The predicted molar refractivity (Wildman–Crippen MR) is 88.2 cm³/mol. The highest BCUT2D eigenvalue weighted by Gasteiger charge is 2.04. The van der Waals surface area contributed by atoms with Crippen molar-refractivity contribution in [2.75, 3.05) is 12.8 Å². The van der Waals surface area contributed by atoms with Crippen LogP contribution < -0.4 is 5.32 Å². The summed E-state index contributed by atoms with van der Waals surface area (Å²) < 4.78 is 21.8. The van der Waals surface area contributed by atoms with Crippen LogP contribution in [0.25, 0.3) is 11.1 Å². The number of rotatable bonds is 5. The van der Waals surface area contributed by atoms with Crippen LogP contribution in [0.1, 0.15) is 10.4 Å². The van der Waals surface area contributed by atoms with Gasteiger partial charge in [-0.3, -0.25) is 4.79 Å². The quantitative estimate of drug-likeness (QED) is 0.922. The SMILES string of the molecule is CS(=O)(=O)/C=C/CNC(=O)c1ccc(-c2ccccc2)cc1. The second kappa shape index (κ2) is 7.04. The summed E-state index contributed by atoms with van der Waals surface area (Å²) >= 11 is 0. The third kappa shape index (κ3) is 4.86. The highest BCUT2D eigenvalue weighted by Crippen LogP contribution is 2.19. The molecule has 0 saturated heterocycles. The summed E-state index contributed by atoms with van der Waals surface area (Å²) in [6.45, 7) is 0.173. The van der Waals surface area contributed by atoms with Crippen molar-refractivity contribution in [3.8, 4) is 11.1 Å². The highest BCUT2D eigenvalue weighted by atomic mass is 32.2. The molecule has 0 aromatic heterocycles. The van der Waals surface area contributed by atoms with E-state index in [2.05, 4.69) is 5.32 Å². The molecule has 1 amide bonds. The van der Waals surface area contributed by atoms with E-state index in [1.807, 2.05) is 42.5 Å². The number of nitrogens with one attached hydrogen (secondary N) is 1. The summed E-state index contributed by atoms with van der Waals surface area (Å²) in [5, 5.41) is 3.72. The average molecular weight is 315 g/mol. The molecule has 0 aliphatic heterocycles. The molecule has 1 N–H and O–H groups in total. The van der Waals surface area contributed by atoms with Crippen molar-refractivity contribution in [2.45, 2.75) is 0 Å². The first kappa shape index (κ1) is 16.0. The summed E-state index contributed by atoms with van der Waals surface area (Å²) in [7, 11) is -3.15. The minimum atomic E-state index is -3.15. The Morgan fingerprint density at radius 2 is 1.59 bits per heavy atom. The zero-order chi connectivity index (χ0) is 16.0. The van der Waals surface area contributed by atoms with Gasteiger partial charge in [0, 0.05) is 23.8 Å². The minimum Gasteiger partial charge on any atom is -0.349 e. The first-order chi connectivity index (χ1) is 10.5. The van der Waals surface area contributed by atoms with Crippen LogP contribution in [0.4, 0.5) is 0 Å². The first-order valence-corrected chi connectivity index (χ1v) is 8.71. The fourth-order valence-corrected chi connectivity index (χ4v) is 2.37. The van der Waals surface area contributed by atoms with E-state index in [0.717, 1.165) is 22.8 Å². The lowest BCUT2D eigenvalue weighted by molar-refractivity contribution is 0.0958. The molecule has 0 radical (unpaired) electrons. The van der Waals surface area contributed by atoms with Crippen LogP contribution in [0.5, 0.6) is 0 Å². The molecule has 0 spiro atoms. The Morgan fingerprint density at radius 3 is 2.18 bits per heavy atom. The Bertz CT molecular complexity index is 763. The fourth-order valence-electron chi connectivity index (χ4n) is 1.92. The van der Waals surface area contributed by atoms with Crippen LogP contribution in [-0.4, -0.2) is 27.1 Å². The van der Waals surface area contributed by atoms with Gasteiger partial charge in [-0.05, 0) is 23.3 Å². The van der Waals surface area contributed by atoms with E-state index in [0.29, 0.717) is 5.56 Å². The molecule has 0 unspecified atom stereocenters. The molecular formula is C17H17NO3S. The molecule has 0 atom stereocenters. The van der Waals surface area contributed by atoms with Gasteiger partial charge in [-0.25, -0.2) is 8.42 Å². The van der Waals surface area contributed by atoms with Crippen molar-refractivity contribution in [1.29, 1.82) is 0 Å². The van der Waals surface area contributed by atoms with E-state index in [4.69, 9.17) is 0 Å². The molecule has 0 heterocycles. The molecule has 114 valence electrons. The summed E-state index contributed by atoms with van der Waals surface area (Å²) in [6.07, 6.45) is 2.51. The number of carbonyl (C=O) groups is 1. The Morgan fingerprint density at radius 1 is 1.00 bits per heavy atom. The van der Waals surface area contributed by atoms with E-state index in [9.17, 15) is 13.2 Å². The van der Waals surface area contributed by atoms with Crippen molar-refractivity contribution in [1.82, 2.24) is 5.32 Å². The summed E-state index contributed by atoms with van der Waals surface area (Å²) in [5.74, 6) is -0.238. The molecule has 5 heteroatoms. The molecule has 22 heavy (non-hydrogen) atoms. The number of hydrogen-bond donors (Lipinski definition) is 1. The number of carbonyl (C=O) groups excluding carboxylic acids is 1. The van der Waals surface area contributed by atoms with E-state index in [-0.39, 0.29) is 12.5 Å². The molecule has 0 aliphatic rings. The number of sulfone groups is 1. The van der Waals surface area contributed by atoms with Crippen molar-refractivity contribution < 1.29 is 13.2 Å². The number of benzene rings is 2. The zero-order valence-corrected chi connectivity index (χ0v) is 13.0. The summed E-state index contributed by atoms with van der Waals surface area (Å²) in [6, 6.07) is 17.2. The zero-order valence-electron chi connectivity index (χ0n) is 12.2. The van der Waals surface area contributed by atoms with Gasteiger partial charge in [-0.1, -0.05) is 48.5 Å². The normalized spacial score (nSPS) is 11.5. The Balaban J connectivity index is 1.98. The molecule has 0 aliphatic carbocycles. The van der Waals surface area contributed by atoms with Gasteiger partial charge in [0.2, 0.25) is 0 Å². The molecular weight excluding hydrogens is 298 g/mol. The molecule has 2 aromatic carbocycles. The van der Waals surface area contributed by atoms with Gasteiger partial charge < -0.3 is 5.32 Å². The predicted octanol–water partition coefficient (Wildman–Crippen LogP) is 2.64. The van der Waals surface area contributed by atoms with E-state index in [1.165, 1.54) is 6.08 Å². The largest absolute Gasteiger partial charge is 0.349 e. The monoisotopic (exact) mass is 315 g/mol. The topological polar surface area (TPSA) is 63.2 Å². The molecule has 4 nitrogen and oxygen atoms in total. The van der Waals surface area contributed by atoms with Gasteiger partial charge in [0.25, 0.3) is 5.91 Å². The third-order valence-corrected chi connectivity index (χ3v) is 3.66. The van der Waals surface area contributed by atoms with Gasteiger partial charge in [-0.15, -0.1) is 0 Å². The Hall–Kier alpha value is -2.40. The smallest absolute Gasteiger partial charge is 0.251 e.